The third-order valence-corrected chi connectivity index (χ3v) is 6.30. The Kier molecular flexibility index (Phi) is 1.75. The van der Waals surface area contributed by atoms with Gasteiger partial charge in [0.15, 0.2) is 0 Å². The molecule has 1 fully saturated rings. The molecule has 2 heteroatoms. The van der Waals surface area contributed by atoms with Crippen LogP contribution in [0.2, 0.25) is 0 Å². The molecule has 2 nitrogen and oxygen atoms in total. The first-order chi connectivity index (χ1) is 9.83. The van der Waals surface area contributed by atoms with E-state index in [-0.39, 0.29) is 10.8 Å². The smallest absolute Gasteiger partial charge is 0.0237 e. The van der Waals surface area contributed by atoms with E-state index in [0.717, 1.165) is 6.54 Å². The third kappa shape index (κ3) is 0.802. The highest BCUT2D eigenvalue weighted by atomic mass is 14.9. The highest BCUT2D eigenvalue weighted by Crippen LogP contribution is 2.88. The van der Waals surface area contributed by atoms with Crippen LogP contribution in [-0.2, 0) is 5.41 Å². The molecular weight excluding hydrogens is 244 g/mol. The molecule has 100 valence electrons. The van der Waals surface area contributed by atoms with Gasteiger partial charge in [-0.05, 0) is 22.3 Å². The van der Waals surface area contributed by atoms with E-state index in [9.17, 15) is 0 Å². The van der Waals surface area contributed by atoms with Crippen LogP contribution < -0.4 is 11.5 Å². The summed E-state index contributed by atoms with van der Waals surface area (Å²) in [5.41, 5.74) is 18.7. The summed E-state index contributed by atoms with van der Waals surface area (Å²) < 4.78 is 0. The highest BCUT2D eigenvalue weighted by molar-refractivity contribution is 5.72. The summed E-state index contributed by atoms with van der Waals surface area (Å²) in [6.07, 6.45) is 0. The fourth-order valence-electron chi connectivity index (χ4n) is 5.75. The van der Waals surface area contributed by atoms with Crippen molar-refractivity contribution in [3.63, 3.8) is 0 Å². The zero-order valence-corrected chi connectivity index (χ0v) is 11.3. The number of nitrogens with two attached hydrogens (primary N) is 2. The van der Waals surface area contributed by atoms with Gasteiger partial charge in [0.25, 0.3) is 0 Å². The molecule has 3 aliphatic carbocycles. The summed E-state index contributed by atoms with van der Waals surface area (Å²) in [6, 6.07) is 17.7. The minimum Gasteiger partial charge on any atom is -0.330 e. The molecule has 0 saturated heterocycles. The monoisotopic (exact) mass is 262 g/mol. The van der Waals surface area contributed by atoms with Crippen molar-refractivity contribution in [3.8, 4) is 0 Å². The van der Waals surface area contributed by atoms with E-state index in [2.05, 4.69) is 48.5 Å². The Morgan fingerprint density at radius 1 is 0.800 bits per heavy atom. The Hall–Kier alpha value is -1.64. The summed E-state index contributed by atoms with van der Waals surface area (Å²) in [4.78, 5) is 0. The number of hydrogen-bond donors (Lipinski definition) is 2. The van der Waals surface area contributed by atoms with Crippen molar-refractivity contribution in [3.05, 3.63) is 70.8 Å². The standard InChI is InChI=1S/C18H18N2/c19-9-17-14-8-4-3-7-13(14)15-11-5-1-2-6-12(11)16(17)18(15,17)10-20/h1-8,15-16H,9-10,19-20H2. The van der Waals surface area contributed by atoms with E-state index in [1.54, 1.807) is 0 Å². The molecule has 4 N–H and O–H groups in total. The second-order valence-electron chi connectivity index (χ2n) is 6.50. The number of fused-ring (bicyclic) bond motifs is 7. The zero-order chi connectivity index (χ0) is 13.5. The molecule has 5 rings (SSSR count). The Labute approximate surface area is 118 Å². The average Bonchev–Trinajstić information content (AvgIpc) is 2.92. The molecule has 4 atom stereocenters. The van der Waals surface area contributed by atoms with Gasteiger partial charge in [-0.25, -0.2) is 0 Å². The first-order valence-corrected chi connectivity index (χ1v) is 7.41. The van der Waals surface area contributed by atoms with Crippen molar-refractivity contribution in [1.82, 2.24) is 0 Å². The van der Waals surface area contributed by atoms with Gasteiger partial charge in [0, 0.05) is 35.8 Å². The molecule has 0 spiro atoms. The lowest BCUT2D eigenvalue weighted by Crippen LogP contribution is -2.31. The van der Waals surface area contributed by atoms with Crippen LogP contribution in [0, 0.1) is 5.41 Å². The predicted octanol–water partition coefficient (Wildman–Crippen LogP) is 2.08. The van der Waals surface area contributed by atoms with Crippen molar-refractivity contribution >= 4 is 0 Å². The second kappa shape index (κ2) is 3.16. The Morgan fingerprint density at radius 3 is 2.15 bits per heavy atom. The molecule has 0 radical (unpaired) electrons. The van der Waals surface area contributed by atoms with Crippen molar-refractivity contribution in [2.75, 3.05) is 13.1 Å². The fraction of sp³-hybridized carbons (Fsp3) is 0.333. The Bertz CT molecular complexity index is 738. The quantitative estimate of drug-likeness (QED) is 0.870. The fourth-order valence-corrected chi connectivity index (χ4v) is 5.75. The van der Waals surface area contributed by atoms with Gasteiger partial charge >= 0.3 is 0 Å². The molecule has 20 heavy (non-hydrogen) atoms. The predicted molar refractivity (Wildman–Crippen MR) is 79.7 cm³/mol. The van der Waals surface area contributed by atoms with Crippen LogP contribution >= 0.6 is 0 Å². The van der Waals surface area contributed by atoms with Crippen molar-refractivity contribution in [2.24, 2.45) is 16.9 Å². The molecule has 2 aromatic carbocycles. The summed E-state index contributed by atoms with van der Waals surface area (Å²) in [7, 11) is 0. The topological polar surface area (TPSA) is 52.0 Å². The van der Waals surface area contributed by atoms with Crippen LogP contribution in [0.15, 0.2) is 48.5 Å². The van der Waals surface area contributed by atoms with Crippen molar-refractivity contribution in [1.29, 1.82) is 0 Å². The molecule has 0 aliphatic heterocycles. The van der Waals surface area contributed by atoms with Gasteiger partial charge in [0.05, 0.1) is 0 Å². The van der Waals surface area contributed by atoms with Crippen LogP contribution in [0.1, 0.15) is 34.1 Å². The maximum Gasteiger partial charge on any atom is 0.0237 e. The van der Waals surface area contributed by atoms with Gasteiger partial charge < -0.3 is 11.5 Å². The van der Waals surface area contributed by atoms with Gasteiger partial charge in [0.2, 0.25) is 0 Å². The van der Waals surface area contributed by atoms with Crippen LogP contribution in [-0.4, -0.2) is 13.1 Å². The van der Waals surface area contributed by atoms with Crippen LogP contribution in [0.4, 0.5) is 0 Å². The average molecular weight is 262 g/mol. The molecule has 3 aliphatic rings. The lowest BCUT2D eigenvalue weighted by molar-refractivity contribution is 0.423. The summed E-state index contributed by atoms with van der Waals surface area (Å²) in [5, 5.41) is 0. The summed E-state index contributed by atoms with van der Waals surface area (Å²) >= 11 is 0. The van der Waals surface area contributed by atoms with Gasteiger partial charge in [-0.15, -0.1) is 0 Å². The summed E-state index contributed by atoms with van der Waals surface area (Å²) in [6.45, 7) is 1.43. The van der Waals surface area contributed by atoms with E-state index in [0.29, 0.717) is 18.4 Å². The SMILES string of the molecule is NCC12c3ccccc3C3c4ccccc4C1C32CN. The molecule has 0 aromatic heterocycles. The first kappa shape index (κ1) is 11.1. The van der Waals surface area contributed by atoms with Crippen LogP contribution in [0.3, 0.4) is 0 Å². The van der Waals surface area contributed by atoms with Gasteiger partial charge in [-0.2, -0.15) is 0 Å². The second-order valence-corrected chi connectivity index (χ2v) is 6.50. The largest absolute Gasteiger partial charge is 0.330 e. The molecule has 0 amide bonds. The van der Waals surface area contributed by atoms with Crippen molar-refractivity contribution in [2.45, 2.75) is 17.3 Å². The van der Waals surface area contributed by atoms with Gasteiger partial charge in [0.1, 0.15) is 0 Å². The molecule has 2 aromatic rings. The van der Waals surface area contributed by atoms with E-state index in [4.69, 9.17) is 11.5 Å². The van der Waals surface area contributed by atoms with Gasteiger partial charge in [-0.1, -0.05) is 48.5 Å². The minimum absolute atomic E-state index is 0.0946. The molecule has 4 unspecified atom stereocenters. The minimum atomic E-state index is 0.0946. The highest BCUT2D eigenvalue weighted by Gasteiger charge is 2.85. The molecular formula is C18H18N2. The maximum absolute atomic E-state index is 6.29. The molecule has 1 saturated carbocycles. The number of hydrogen-bond acceptors (Lipinski definition) is 2. The number of rotatable bonds is 2. The Morgan fingerprint density at radius 2 is 1.45 bits per heavy atom. The number of benzene rings is 2. The lowest BCUT2D eigenvalue weighted by atomic mass is 9.82. The van der Waals surface area contributed by atoms with Crippen molar-refractivity contribution < 1.29 is 0 Å². The van der Waals surface area contributed by atoms with Gasteiger partial charge in [-0.3, -0.25) is 0 Å². The lowest BCUT2D eigenvalue weighted by Gasteiger charge is -2.22. The van der Waals surface area contributed by atoms with Crippen LogP contribution in [0.25, 0.3) is 0 Å². The Balaban J connectivity index is 1.90. The molecule has 0 heterocycles. The summed E-state index contributed by atoms with van der Waals surface area (Å²) in [5.74, 6) is 0.981. The first-order valence-electron chi connectivity index (χ1n) is 7.41. The van der Waals surface area contributed by atoms with E-state index >= 15 is 0 Å². The normalized spacial score (nSPS) is 38.3. The molecule has 0 bridgehead atoms. The maximum atomic E-state index is 6.29. The van der Waals surface area contributed by atoms with E-state index < -0.39 is 0 Å². The van der Waals surface area contributed by atoms with E-state index in [1.165, 1.54) is 22.3 Å². The zero-order valence-electron chi connectivity index (χ0n) is 11.3. The van der Waals surface area contributed by atoms with E-state index in [1.807, 2.05) is 0 Å². The van der Waals surface area contributed by atoms with Crippen LogP contribution in [0.5, 0.6) is 0 Å². The third-order valence-electron chi connectivity index (χ3n) is 6.30.